The molecule has 0 unspecified atom stereocenters. The molecule has 0 spiro atoms. The lowest BCUT2D eigenvalue weighted by molar-refractivity contribution is 0.434. The highest BCUT2D eigenvalue weighted by molar-refractivity contribution is 7.09. The Kier molecular flexibility index (Phi) is 4.41. The van der Waals surface area contributed by atoms with E-state index in [1.807, 2.05) is 44.4 Å². The molecule has 3 aromatic heterocycles. The van der Waals surface area contributed by atoms with Crippen molar-refractivity contribution in [1.82, 2.24) is 15.1 Å². The molecule has 0 saturated carbocycles. The Morgan fingerprint density at radius 3 is 2.68 bits per heavy atom. The quantitative estimate of drug-likeness (QED) is 0.702. The molecular weight excluding hydrogens is 258 g/mol. The maximum absolute atomic E-state index is 5.28. The molecule has 3 heterocycles. The highest BCUT2D eigenvalue weighted by Crippen LogP contribution is 2.26. The van der Waals surface area contributed by atoms with E-state index in [0.717, 1.165) is 22.0 Å². The molecule has 0 atom stereocenters. The van der Waals surface area contributed by atoms with Crippen LogP contribution in [-0.2, 0) is 0 Å². The monoisotopic (exact) mass is 273 g/mol. The zero-order valence-electron chi connectivity index (χ0n) is 11.1. The summed E-state index contributed by atoms with van der Waals surface area (Å²) in [6.07, 6.45) is 3.49. The van der Waals surface area contributed by atoms with E-state index in [9.17, 15) is 0 Å². The van der Waals surface area contributed by atoms with Crippen molar-refractivity contribution in [3.63, 3.8) is 0 Å². The van der Waals surface area contributed by atoms with Crippen molar-refractivity contribution in [2.75, 3.05) is 0 Å². The van der Waals surface area contributed by atoms with Gasteiger partial charge in [0.2, 0.25) is 0 Å². The van der Waals surface area contributed by atoms with Gasteiger partial charge in [-0.15, -0.1) is 11.3 Å². The molecule has 0 N–H and O–H groups in total. The lowest BCUT2D eigenvalue weighted by atomic mass is 10.2. The second kappa shape index (κ2) is 6.24. The van der Waals surface area contributed by atoms with Crippen LogP contribution in [-0.4, -0.2) is 15.1 Å². The highest BCUT2D eigenvalue weighted by atomic mass is 32.1. The molecule has 4 nitrogen and oxygen atoms in total. The van der Waals surface area contributed by atoms with Gasteiger partial charge in [0.25, 0.3) is 0 Å². The third kappa shape index (κ3) is 3.06. The third-order valence-electron chi connectivity index (χ3n) is 2.34. The summed E-state index contributed by atoms with van der Waals surface area (Å²) in [6, 6.07) is 5.70. The molecule has 98 valence electrons. The Labute approximate surface area is 116 Å². The Balaban J connectivity index is 0.000000637. The van der Waals surface area contributed by atoms with Crippen LogP contribution in [0.15, 0.2) is 40.5 Å². The van der Waals surface area contributed by atoms with Crippen molar-refractivity contribution in [3.05, 3.63) is 41.0 Å². The first kappa shape index (κ1) is 13.4. The van der Waals surface area contributed by atoms with Crippen molar-refractivity contribution in [1.29, 1.82) is 0 Å². The van der Waals surface area contributed by atoms with Crippen LogP contribution in [0.25, 0.3) is 22.7 Å². The predicted octanol–water partition coefficient (Wildman–Crippen LogP) is 4.19. The molecule has 0 saturated heterocycles. The van der Waals surface area contributed by atoms with E-state index >= 15 is 0 Å². The number of aryl methyl sites for hydroxylation is 1. The molecule has 0 aliphatic rings. The van der Waals surface area contributed by atoms with E-state index in [2.05, 4.69) is 15.1 Å². The zero-order valence-corrected chi connectivity index (χ0v) is 11.9. The van der Waals surface area contributed by atoms with Crippen molar-refractivity contribution in [2.45, 2.75) is 20.8 Å². The first-order valence-corrected chi connectivity index (χ1v) is 7.00. The summed E-state index contributed by atoms with van der Waals surface area (Å²) in [7, 11) is 0. The maximum atomic E-state index is 5.28. The molecule has 0 fully saturated rings. The summed E-state index contributed by atoms with van der Waals surface area (Å²) >= 11 is 1.59. The third-order valence-corrected chi connectivity index (χ3v) is 3.11. The Hall–Kier alpha value is -2.01. The molecule has 0 bridgehead atoms. The molecule has 0 aliphatic carbocycles. The minimum absolute atomic E-state index is 0.688. The first-order chi connectivity index (χ1) is 9.33. The molecular formula is C14H15N3OS. The minimum atomic E-state index is 0.688. The smallest absolute Gasteiger partial charge is 0.186 e. The van der Waals surface area contributed by atoms with Gasteiger partial charge in [-0.05, 0) is 19.1 Å². The van der Waals surface area contributed by atoms with E-state index in [1.165, 1.54) is 0 Å². The largest absolute Gasteiger partial charge is 0.354 e. The first-order valence-electron chi connectivity index (χ1n) is 6.12. The fraction of sp³-hybridized carbons (Fsp3) is 0.214. The summed E-state index contributed by atoms with van der Waals surface area (Å²) in [5.74, 6) is 0.688. The number of hydrogen-bond donors (Lipinski definition) is 0. The number of thiazole rings is 1. The highest BCUT2D eigenvalue weighted by Gasteiger charge is 2.10. The van der Waals surface area contributed by atoms with Crippen LogP contribution < -0.4 is 0 Å². The van der Waals surface area contributed by atoms with Gasteiger partial charge in [-0.1, -0.05) is 19.0 Å². The van der Waals surface area contributed by atoms with Gasteiger partial charge in [0.15, 0.2) is 5.76 Å². The average Bonchev–Trinajstić information content (AvgIpc) is 3.10. The van der Waals surface area contributed by atoms with Crippen molar-refractivity contribution in [2.24, 2.45) is 0 Å². The van der Waals surface area contributed by atoms with Gasteiger partial charge < -0.3 is 4.52 Å². The Morgan fingerprint density at radius 2 is 2.05 bits per heavy atom. The second-order valence-electron chi connectivity index (χ2n) is 3.57. The average molecular weight is 273 g/mol. The van der Waals surface area contributed by atoms with Gasteiger partial charge in [-0.25, -0.2) is 4.98 Å². The second-order valence-corrected chi connectivity index (χ2v) is 4.63. The van der Waals surface area contributed by atoms with Gasteiger partial charge in [0.1, 0.15) is 11.4 Å². The molecule has 0 amide bonds. The van der Waals surface area contributed by atoms with Crippen LogP contribution >= 0.6 is 11.3 Å². The fourth-order valence-corrected chi connectivity index (χ4v) is 2.12. The lowest BCUT2D eigenvalue weighted by Gasteiger charge is -1.90. The maximum Gasteiger partial charge on any atom is 0.186 e. The van der Waals surface area contributed by atoms with Crippen LogP contribution in [0.4, 0.5) is 0 Å². The molecule has 0 radical (unpaired) electrons. The number of pyridine rings is 1. The van der Waals surface area contributed by atoms with Gasteiger partial charge in [-0.3, -0.25) is 4.98 Å². The van der Waals surface area contributed by atoms with Crippen LogP contribution in [0.1, 0.15) is 18.9 Å². The summed E-state index contributed by atoms with van der Waals surface area (Å²) in [6.45, 7) is 5.96. The fourth-order valence-electron chi connectivity index (χ4n) is 1.52. The number of nitrogens with zero attached hydrogens (tertiary/aromatic N) is 3. The Bertz CT molecular complexity index is 631. The SMILES string of the molecule is CC.Cc1nc(-c2cc(-c3cccnc3)no2)cs1. The molecule has 0 aliphatic heterocycles. The topological polar surface area (TPSA) is 51.8 Å². The molecule has 3 rings (SSSR count). The summed E-state index contributed by atoms with van der Waals surface area (Å²) < 4.78 is 5.28. The molecule has 0 aromatic carbocycles. The Morgan fingerprint density at radius 1 is 1.21 bits per heavy atom. The normalized spacial score (nSPS) is 9.84. The summed E-state index contributed by atoms with van der Waals surface area (Å²) in [5.41, 5.74) is 2.54. The minimum Gasteiger partial charge on any atom is -0.354 e. The van der Waals surface area contributed by atoms with E-state index in [4.69, 9.17) is 4.52 Å². The van der Waals surface area contributed by atoms with E-state index in [-0.39, 0.29) is 0 Å². The van der Waals surface area contributed by atoms with E-state index < -0.39 is 0 Å². The van der Waals surface area contributed by atoms with Gasteiger partial charge in [-0.2, -0.15) is 0 Å². The van der Waals surface area contributed by atoms with E-state index in [1.54, 1.807) is 23.7 Å². The van der Waals surface area contributed by atoms with Gasteiger partial charge in [0.05, 0.1) is 5.01 Å². The number of hydrogen-bond acceptors (Lipinski definition) is 5. The van der Waals surface area contributed by atoms with Gasteiger partial charge >= 0.3 is 0 Å². The number of aromatic nitrogens is 3. The van der Waals surface area contributed by atoms with E-state index in [0.29, 0.717) is 5.76 Å². The number of rotatable bonds is 2. The predicted molar refractivity (Wildman–Crippen MR) is 76.9 cm³/mol. The van der Waals surface area contributed by atoms with Crippen molar-refractivity contribution in [3.8, 4) is 22.7 Å². The molecule has 5 heteroatoms. The summed E-state index contributed by atoms with van der Waals surface area (Å²) in [4.78, 5) is 8.41. The lowest BCUT2D eigenvalue weighted by Crippen LogP contribution is -1.77. The van der Waals surface area contributed by atoms with Gasteiger partial charge in [0, 0.05) is 29.4 Å². The van der Waals surface area contributed by atoms with Crippen molar-refractivity contribution < 1.29 is 4.52 Å². The van der Waals surface area contributed by atoms with Crippen LogP contribution in [0.3, 0.4) is 0 Å². The van der Waals surface area contributed by atoms with Crippen LogP contribution in [0, 0.1) is 6.92 Å². The van der Waals surface area contributed by atoms with Crippen LogP contribution in [0.5, 0.6) is 0 Å². The van der Waals surface area contributed by atoms with Crippen molar-refractivity contribution >= 4 is 11.3 Å². The van der Waals surface area contributed by atoms with Crippen LogP contribution in [0.2, 0.25) is 0 Å². The molecule has 3 aromatic rings. The molecule has 19 heavy (non-hydrogen) atoms. The zero-order chi connectivity index (χ0) is 13.7. The standard InChI is InChI=1S/C12H9N3OS.C2H6/c1-8-14-11(7-17-8)12-5-10(15-16-12)9-3-2-4-13-6-9;1-2/h2-7H,1H3;1-2H3. The summed E-state index contributed by atoms with van der Waals surface area (Å²) in [5, 5.41) is 7.00.